The van der Waals surface area contributed by atoms with E-state index in [1.807, 2.05) is 13.8 Å². The minimum absolute atomic E-state index is 0.0881. The Bertz CT molecular complexity index is 557. The lowest BCUT2D eigenvalue weighted by atomic mass is 10.2. The standard InChI is InChI=1S/C14H16ClFN2O3/c1-8-6-18(7-9(2)21-8)14(20)17-13(19)10-3-4-12(16)11(15)5-10/h3-5,8-9H,6-7H2,1-2H3,(H,17,19,20)/t8-,9+. The van der Waals surface area contributed by atoms with Gasteiger partial charge in [0.15, 0.2) is 0 Å². The predicted molar refractivity (Wildman–Crippen MR) is 75.9 cm³/mol. The maximum Gasteiger partial charge on any atom is 0.324 e. The normalized spacial score (nSPS) is 22.0. The van der Waals surface area contributed by atoms with Gasteiger partial charge >= 0.3 is 6.03 Å². The van der Waals surface area contributed by atoms with Gasteiger partial charge in [0.1, 0.15) is 5.82 Å². The molecule has 1 aliphatic rings. The average Bonchev–Trinajstić information content (AvgIpc) is 2.40. The first kappa shape index (κ1) is 15.7. The van der Waals surface area contributed by atoms with Gasteiger partial charge in [-0.1, -0.05) is 11.6 Å². The number of nitrogens with zero attached hydrogens (tertiary/aromatic N) is 1. The zero-order valence-electron chi connectivity index (χ0n) is 11.7. The highest BCUT2D eigenvalue weighted by atomic mass is 35.5. The lowest BCUT2D eigenvalue weighted by molar-refractivity contribution is -0.0543. The average molecular weight is 315 g/mol. The smallest absolute Gasteiger partial charge is 0.324 e. The third kappa shape index (κ3) is 3.92. The molecule has 1 aromatic rings. The van der Waals surface area contributed by atoms with Gasteiger partial charge in [0, 0.05) is 18.7 Å². The summed E-state index contributed by atoms with van der Waals surface area (Å²) in [4.78, 5) is 25.5. The van der Waals surface area contributed by atoms with Crippen molar-refractivity contribution >= 4 is 23.5 Å². The van der Waals surface area contributed by atoms with Gasteiger partial charge in [0.2, 0.25) is 0 Å². The lowest BCUT2D eigenvalue weighted by Gasteiger charge is -2.35. The molecule has 2 rings (SSSR count). The number of halogens is 2. The van der Waals surface area contributed by atoms with Crippen molar-refractivity contribution in [3.8, 4) is 0 Å². The van der Waals surface area contributed by atoms with Crippen LogP contribution in [0.4, 0.5) is 9.18 Å². The number of rotatable bonds is 1. The lowest BCUT2D eigenvalue weighted by Crippen LogP contribution is -2.52. The number of hydrogen-bond acceptors (Lipinski definition) is 3. The summed E-state index contributed by atoms with van der Waals surface area (Å²) in [5.41, 5.74) is 0.129. The maximum absolute atomic E-state index is 13.0. The van der Waals surface area contributed by atoms with Crippen LogP contribution in [0.3, 0.4) is 0 Å². The van der Waals surface area contributed by atoms with E-state index < -0.39 is 17.8 Å². The number of carbonyl (C=O) groups excluding carboxylic acids is 2. The molecule has 0 unspecified atom stereocenters. The summed E-state index contributed by atoms with van der Waals surface area (Å²) in [5.74, 6) is -1.23. The van der Waals surface area contributed by atoms with E-state index in [4.69, 9.17) is 16.3 Å². The van der Waals surface area contributed by atoms with E-state index in [-0.39, 0.29) is 22.8 Å². The second-order valence-corrected chi connectivity index (χ2v) is 5.46. The molecule has 3 amide bonds. The third-order valence-corrected chi connectivity index (χ3v) is 3.40. The number of benzene rings is 1. The van der Waals surface area contributed by atoms with E-state index in [9.17, 15) is 14.0 Å². The van der Waals surface area contributed by atoms with Crippen LogP contribution in [0.25, 0.3) is 0 Å². The van der Waals surface area contributed by atoms with Gasteiger partial charge in [-0.3, -0.25) is 10.1 Å². The van der Waals surface area contributed by atoms with Gasteiger partial charge in [-0.25, -0.2) is 9.18 Å². The summed E-state index contributed by atoms with van der Waals surface area (Å²) in [6, 6.07) is 3.04. The summed E-state index contributed by atoms with van der Waals surface area (Å²) in [5, 5.41) is 2.10. The summed E-state index contributed by atoms with van der Waals surface area (Å²) in [7, 11) is 0. The number of urea groups is 1. The second kappa shape index (κ2) is 6.41. The van der Waals surface area contributed by atoms with Gasteiger partial charge < -0.3 is 9.64 Å². The van der Waals surface area contributed by atoms with Crippen molar-refractivity contribution in [2.45, 2.75) is 26.1 Å². The molecule has 1 aliphatic heterocycles. The molecule has 1 N–H and O–H groups in total. The van der Waals surface area contributed by atoms with Crippen molar-refractivity contribution in [2.75, 3.05) is 13.1 Å². The third-order valence-electron chi connectivity index (χ3n) is 3.11. The molecule has 5 nitrogen and oxygen atoms in total. The Morgan fingerprint density at radius 3 is 2.52 bits per heavy atom. The molecule has 0 spiro atoms. The van der Waals surface area contributed by atoms with Crippen LogP contribution in [-0.2, 0) is 4.74 Å². The Labute approximate surface area is 127 Å². The van der Waals surface area contributed by atoms with Crippen molar-refractivity contribution in [3.05, 3.63) is 34.6 Å². The van der Waals surface area contributed by atoms with E-state index in [2.05, 4.69) is 5.32 Å². The predicted octanol–water partition coefficient (Wildman–Crippen LogP) is 2.44. The van der Waals surface area contributed by atoms with E-state index in [1.165, 1.54) is 17.0 Å². The fraction of sp³-hybridized carbons (Fsp3) is 0.429. The highest BCUT2D eigenvalue weighted by molar-refractivity contribution is 6.31. The summed E-state index contributed by atoms with van der Waals surface area (Å²) in [6.45, 7) is 4.54. The number of morpholine rings is 1. The van der Waals surface area contributed by atoms with Gasteiger partial charge in [-0.05, 0) is 32.0 Å². The molecule has 0 saturated carbocycles. The van der Waals surface area contributed by atoms with Gasteiger partial charge in [-0.15, -0.1) is 0 Å². The molecular weight excluding hydrogens is 299 g/mol. The van der Waals surface area contributed by atoms with Crippen molar-refractivity contribution in [2.24, 2.45) is 0 Å². The zero-order valence-corrected chi connectivity index (χ0v) is 12.5. The molecule has 0 aliphatic carbocycles. The summed E-state index contributed by atoms with van der Waals surface area (Å²) >= 11 is 5.61. The number of nitrogens with one attached hydrogen (secondary N) is 1. The van der Waals surface area contributed by atoms with Crippen LogP contribution >= 0.6 is 11.6 Å². The molecule has 114 valence electrons. The minimum Gasteiger partial charge on any atom is -0.372 e. The van der Waals surface area contributed by atoms with Crippen LogP contribution in [0.2, 0.25) is 5.02 Å². The molecule has 1 heterocycles. The van der Waals surface area contributed by atoms with Crippen molar-refractivity contribution in [3.63, 3.8) is 0 Å². The van der Waals surface area contributed by atoms with E-state index in [0.717, 1.165) is 6.07 Å². The largest absolute Gasteiger partial charge is 0.372 e. The second-order valence-electron chi connectivity index (χ2n) is 5.05. The van der Waals surface area contributed by atoms with E-state index in [0.29, 0.717) is 13.1 Å². The van der Waals surface area contributed by atoms with Crippen LogP contribution in [0.1, 0.15) is 24.2 Å². The van der Waals surface area contributed by atoms with Crippen LogP contribution in [0.5, 0.6) is 0 Å². The van der Waals surface area contributed by atoms with Crippen LogP contribution in [0, 0.1) is 5.82 Å². The monoisotopic (exact) mass is 314 g/mol. The number of amides is 3. The maximum atomic E-state index is 13.0. The Hall–Kier alpha value is -1.66. The van der Waals surface area contributed by atoms with Crippen LogP contribution < -0.4 is 5.32 Å². The zero-order chi connectivity index (χ0) is 15.6. The Kier molecular flexibility index (Phi) is 4.80. The van der Waals surface area contributed by atoms with Crippen molar-refractivity contribution in [1.29, 1.82) is 0 Å². The molecule has 0 aromatic heterocycles. The molecular formula is C14H16ClFN2O3. The summed E-state index contributed by atoms with van der Waals surface area (Å²) < 4.78 is 18.6. The van der Waals surface area contributed by atoms with Crippen molar-refractivity contribution in [1.82, 2.24) is 10.2 Å². The fourth-order valence-corrected chi connectivity index (χ4v) is 2.41. The Balaban J connectivity index is 2.01. The van der Waals surface area contributed by atoms with E-state index in [1.54, 1.807) is 0 Å². The first-order valence-corrected chi connectivity index (χ1v) is 6.95. The quantitative estimate of drug-likeness (QED) is 0.866. The first-order chi connectivity index (χ1) is 9.86. The Morgan fingerprint density at radius 1 is 1.33 bits per heavy atom. The number of carbonyl (C=O) groups is 2. The van der Waals surface area contributed by atoms with Gasteiger partial charge in [0.05, 0.1) is 17.2 Å². The first-order valence-electron chi connectivity index (χ1n) is 6.57. The molecule has 0 bridgehead atoms. The minimum atomic E-state index is -0.617. The highest BCUT2D eigenvalue weighted by Crippen LogP contribution is 2.16. The topological polar surface area (TPSA) is 58.6 Å². The number of imide groups is 1. The summed E-state index contributed by atoms with van der Waals surface area (Å²) in [6.07, 6.45) is -0.176. The SMILES string of the molecule is C[C@@H]1CN(C(=O)NC(=O)c2ccc(F)c(Cl)c2)C[C@H](C)O1. The molecule has 21 heavy (non-hydrogen) atoms. The van der Waals surface area contributed by atoms with Crippen LogP contribution in [-0.4, -0.2) is 42.1 Å². The molecule has 1 saturated heterocycles. The van der Waals surface area contributed by atoms with Crippen molar-refractivity contribution < 1.29 is 18.7 Å². The molecule has 1 fully saturated rings. The Morgan fingerprint density at radius 2 is 1.95 bits per heavy atom. The fourth-order valence-electron chi connectivity index (χ4n) is 2.23. The number of ether oxygens (including phenoxy) is 1. The van der Waals surface area contributed by atoms with Gasteiger partial charge in [0.25, 0.3) is 5.91 Å². The molecule has 1 aromatic carbocycles. The van der Waals surface area contributed by atoms with Crippen LogP contribution in [0.15, 0.2) is 18.2 Å². The van der Waals surface area contributed by atoms with Gasteiger partial charge in [-0.2, -0.15) is 0 Å². The molecule has 2 atom stereocenters. The number of hydrogen-bond donors (Lipinski definition) is 1. The highest BCUT2D eigenvalue weighted by Gasteiger charge is 2.27. The van der Waals surface area contributed by atoms with E-state index >= 15 is 0 Å². The molecule has 7 heteroatoms. The molecule has 0 radical (unpaired) electrons.